The summed E-state index contributed by atoms with van der Waals surface area (Å²) in [7, 11) is -4.88. The number of anilines is 2. The first-order chi connectivity index (χ1) is 22.8. The molecule has 256 valence electrons. The molecule has 0 amide bonds. The molecule has 0 aromatic carbocycles. The molecule has 13 unspecified atom stereocenters. The van der Waals surface area contributed by atoms with Gasteiger partial charge in [0.15, 0.2) is 22.6 Å². The van der Waals surface area contributed by atoms with Gasteiger partial charge >= 0.3 is 14.5 Å². The Labute approximate surface area is 274 Å². The predicted octanol–water partition coefficient (Wildman–Crippen LogP) is -0.652. The molecule has 4 saturated carbocycles. The third-order valence-electron chi connectivity index (χ3n) is 10.9. The first-order valence-corrected chi connectivity index (χ1v) is 19.2. The van der Waals surface area contributed by atoms with Crippen molar-refractivity contribution in [1.29, 1.82) is 0 Å². The van der Waals surface area contributed by atoms with Crippen molar-refractivity contribution >= 4 is 60.4 Å². The average molecular weight is 725 g/mol. The summed E-state index contributed by atoms with van der Waals surface area (Å²) < 4.78 is 40.0. The van der Waals surface area contributed by atoms with Gasteiger partial charge in [0, 0.05) is 23.3 Å². The van der Waals surface area contributed by atoms with Gasteiger partial charge in [-0.05, 0) is 36.5 Å². The van der Waals surface area contributed by atoms with Crippen LogP contribution in [0, 0.1) is 29.1 Å². The standard InChI is InChI=1S/C25H30N10O10P2S/c26-20-12-21(29-5-28-20)34(6-30-12)14-8-1-9(14)16(36)18-10(8)3-42-46(39,40)45-19-17(37)15(11-2-25(11,19)4-43-47(41,48)44-18)35-7-31-13-22(35)32-24(27)33-23(13)38/h5-11,14-19,36-37H,1-4H2,(H,39,40)(H,41,48)(H2,26,28,29)(H3,27,32,33,38). The zero-order chi connectivity index (χ0) is 33.5. The van der Waals surface area contributed by atoms with Gasteiger partial charge < -0.3 is 49.6 Å². The highest BCUT2D eigenvalue weighted by atomic mass is 32.5. The van der Waals surface area contributed by atoms with Gasteiger partial charge in [0.1, 0.15) is 24.1 Å². The first-order valence-electron chi connectivity index (χ1n) is 15.1. The van der Waals surface area contributed by atoms with Crippen LogP contribution in [0.2, 0.25) is 0 Å². The number of aromatic amines is 1. The number of imidazole rings is 2. The molecular weight excluding hydrogens is 694 g/mol. The van der Waals surface area contributed by atoms with Crippen molar-refractivity contribution in [1.82, 2.24) is 39.0 Å². The van der Waals surface area contributed by atoms with E-state index in [1.54, 1.807) is 10.9 Å². The quantitative estimate of drug-likeness (QED) is 0.126. The number of nitrogens with one attached hydrogen (secondary N) is 1. The van der Waals surface area contributed by atoms with Crippen LogP contribution in [0.25, 0.3) is 22.3 Å². The molecule has 1 saturated heterocycles. The number of aliphatic hydroxyl groups excluding tert-OH is 2. The Kier molecular flexibility index (Phi) is 6.67. The largest absolute Gasteiger partial charge is 0.472 e. The second-order valence-corrected chi connectivity index (χ2v) is 17.4. The lowest BCUT2D eigenvalue weighted by Gasteiger charge is -2.59. The van der Waals surface area contributed by atoms with Crippen LogP contribution in [0.1, 0.15) is 24.9 Å². The van der Waals surface area contributed by atoms with Crippen molar-refractivity contribution in [2.45, 2.75) is 49.3 Å². The molecule has 5 aliphatic rings. The minimum atomic E-state index is -4.88. The summed E-state index contributed by atoms with van der Waals surface area (Å²) in [5.41, 5.74) is 11.0. The van der Waals surface area contributed by atoms with E-state index in [4.69, 9.17) is 41.4 Å². The Morgan fingerprint density at radius 1 is 0.958 bits per heavy atom. The van der Waals surface area contributed by atoms with E-state index < -0.39 is 74.4 Å². The molecular formula is C25H30N10O10P2S. The lowest BCUT2D eigenvalue weighted by molar-refractivity contribution is -0.186. The minimum absolute atomic E-state index is 0.0120. The summed E-state index contributed by atoms with van der Waals surface area (Å²) in [5.74, 6) is -1.84. The Morgan fingerprint density at radius 3 is 2.50 bits per heavy atom. The number of fused-ring (bicyclic) bond motifs is 6. The van der Waals surface area contributed by atoms with Crippen LogP contribution < -0.4 is 17.0 Å². The zero-order valence-electron chi connectivity index (χ0n) is 24.7. The van der Waals surface area contributed by atoms with E-state index in [-0.39, 0.29) is 47.4 Å². The molecule has 20 nitrogen and oxygen atoms in total. The summed E-state index contributed by atoms with van der Waals surface area (Å²) in [6.07, 6.45) is -0.0341. The maximum absolute atomic E-state index is 13.6. The lowest BCUT2D eigenvalue weighted by atomic mass is 9.54. The van der Waals surface area contributed by atoms with E-state index in [2.05, 4.69) is 29.9 Å². The smallest absolute Gasteiger partial charge is 0.390 e. The van der Waals surface area contributed by atoms with Crippen molar-refractivity contribution in [3.8, 4) is 0 Å². The highest BCUT2D eigenvalue weighted by molar-refractivity contribution is 8.07. The van der Waals surface area contributed by atoms with Crippen molar-refractivity contribution in [3.05, 3.63) is 29.3 Å². The fraction of sp³-hybridized carbons (Fsp3) is 0.600. The van der Waals surface area contributed by atoms with Crippen LogP contribution in [0.5, 0.6) is 0 Å². The first kappa shape index (κ1) is 31.1. The van der Waals surface area contributed by atoms with Crippen LogP contribution in [0.3, 0.4) is 0 Å². The normalized spacial score (nSPS) is 43.8. The van der Waals surface area contributed by atoms with Gasteiger partial charge in [-0.2, -0.15) is 4.98 Å². The fourth-order valence-corrected chi connectivity index (χ4v) is 11.2. The van der Waals surface area contributed by atoms with Crippen LogP contribution >= 0.6 is 14.5 Å². The molecule has 2 bridgehead atoms. The number of aliphatic hydroxyl groups is 2. The monoisotopic (exact) mass is 724 g/mol. The predicted molar refractivity (Wildman–Crippen MR) is 166 cm³/mol. The third-order valence-corrected chi connectivity index (χ3v) is 13.4. The van der Waals surface area contributed by atoms with E-state index in [1.165, 1.54) is 17.2 Å². The molecule has 0 radical (unpaired) electrons. The molecule has 5 heterocycles. The number of aromatic nitrogens is 8. The van der Waals surface area contributed by atoms with Gasteiger partial charge in [-0.3, -0.25) is 18.8 Å². The average Bonchev–Trinajstić information content (AvgIpc) is 3.23. The number of phosphoric acid groups is 1. The number of hydrogen-bond acceptors (Lipinski definition) is 16. The molecule has 23 heteroatoms. The molecule has 5 fully saturated rings. The Morgan fingerprint density at radius 2 is 1.71 bits per heavy atom. The molecule has 4 aromatic rings. The summed E-state index contributed by atoms with van der Waals surface area (Å²) >= 11 is 5.43. The van der Waals surface area contributed by atoms with Crippen LogP contribution in [-0.4, -0.2) is 96.7 Å². The minimum Gasteiger partial charge on any atom is -0.390 e. The highest BCUT2D eigenvalue weighted by Crippen LogP contribution is 2.72. The van der Waals surface area contributed by atoms with Crippen molar-refractivity contribution in [2.75, 3.05) is 24.7 Å². The Bertz CT molecular complexity index is 2150. The van der Waals surface area contributed by atoms with E-state index in [0.717, 1.165) is 0 Å². The lowest BCUT2D eigenvalue weighted by Crippen LogP contribution is -2.62. The number of hydrogen-bond donors (Lipinski definition) is 7. The third kappa shape index (κ3) is 4.43. The van der Waals surface area contributed by atoms with Crippen LogP contribution in [0.4, 0.5) is 11.8 Å². The van der Waals surface area contributed by atoms with Crippen molar-refractivity contribution in [2.24, 2.45) is 29.1 Å². The molecule has 9 N–H and O–H groups in total. The van der Waals surface area contributed by atoms with Gasteiger partial charge in [-0.15, -0.1) is 0 Å². The van der Waals surface area contributed by atoms with E-state index in [1.807, 2.05) is 0 Å². The number of nitrogens with two attached hydrogens (primary N) is 2. The number of H-pyrrole nitrogens is 1. The molecule has 4 aliphatic carbocycles. The van der Waals surface area contributed by atoms with Crippen molar-refractivity contribution in [3.63, 3.8) is 0 Å². The van der Waals surface area contributed by atoms with E-state index in [9.17, 15) is 29.4 Å². The van der Waals surface area contributed by atoms with Crippen LogP contribution in [-0.2, 0) is 34.5 Å². The number of nitrogen functional groups attached to an aromatic ring is 2. The fourth-order valence-electron chi connectivity index (χ4n) is 8.66. The summed E-state index contributed by atoms with van der Waals surface area (Å²) in [6.45, 7) is -4.78. The molecule has 4 aromatic heterocycles. The summed E-state index contributed by atoms with van der Waals surface area (Å²) in [6, 6.07) is -1.20. The molecule has 1 spiro atoms. The van der Waals surface area contributed by atoms with Gasteiger partial charge in [-0.25, -0.2) is 24.5 Å². The Hall–Kier alpha value is -2.94. The van der Waals surface area contributed by atoms with E-state index >= 15 is 0 Å². The maximum atomic E-state index is 13.6. The SMILES string of the molecule is Nc1nc2c(ncn2C2C(O)C3OP(=O)(O)OCC4C5CC(C(O)C4OP(O)(=S)OCC34CC24)C5n2cnc3c(N)ncnc32)c(=O)[nH]1. The topological polar surface area (TPSA) is 294 Å². The number of rotatable bonds is 2. The van der Waals surface area contributed by atoms with E-state index in [0.29, 0.717) is 24.0 Å². The molecule has 1 aliphatic heterocycles. The van der Waals surface area contributed by atoms with Crippen LogP contribution in [0.15, 0.2) is 23.8 Å². The molecule has 13 atom stereocenters. The number of phosphoric ester groups is 1. The summed E-state index contributed by atoms with van der Waals surface area (Å²) in [4.78, 5) is 58.1. The Balaban J connectivity index is 1.05. The second kappa shape index (κ2) is 10.3. The van der Waals surface area contributed by atoms with Crippen molar-refractivity contribution < 1.29 is 42.7 Å². The highest BCUT2D eigenvalue weighted by Gasteiger charge is 2.74. The van der Waals surface area contributed by atoms with Gasteiger partial charge in [0.2, 0.25) is 5.95 Å². The zero-order valence-corrected chi connectivity index (χ0v) is 27.3. The summed E-state index contributed by atoms with van der Waals surface area (Å²) in [5, 5.41) is 23.2. The number of nitrogens with zero attached hydrogens (tertiary/aromatic N) is 7. The van der Waals surface area contributed by atoms with Gasteiger partial charge in [-0.1, -0.05) is 0 Å². The molecule has 9 rings (SSSR count). The molecule has 48 heavy (non-hydrogen) atoms. The maximum Gasteiger partial charge on any atom is 0.472 e. The second-order valence-electron chi connectivity index (χ2n) is 13.2. The van der Waals surface area contributed by atoms with Gasteiger partial charge in [0.05, 0.1) is 44.1 Å². The van der Waals surface area contributed by atoms with Gasteiger partial charge in [0.25, 0.3) is 5.56 Å².